The van der Waals surface area contributed by atoms with Gasteiger partial charge in [0.1, 0.15) is 0 Å². The van der Waals surface area contributed by atoms with Gasteiger partial charge in [0.05, 0.1) is 24.7 Å². The number of aromatic nitrogens is 2. The maximum absolute atomic E-state index is 12.4. The minimum absolute atomic E-state index is 0.0498. The highest BCUT2D eigenvalue weighted by molar-refractivity contribution is 5.74. The fourth-order valence-electron chi connectivity index (χ4n) is 3.36. The summed E-state index contributed by atoms with van der Waals surface area (Å²) < 4.78 is 1.94. The zero-order valence-corrected chi connectivity index (χ0v) is 13.6. The van der Waals surface area contributed by atoms with Crippen molar-refractivity contribution < 1.29 is 9.90 Å². The van der Waals surface area contributed by atoms with Crippen molar-refractivity contribution in [3.63, 3.8) is 0 Å². The first-order valence-electron chi connectivity index (χ1n) is 8.50. The summed E-state index contributed by atoms with van der Waals surface area (Å²) in [6, 6.07) is 11.0. The Morgan fingerprint density at radius 3 is 2.75 bits per heavy atom. The van der Waals surface area contributed by atoms with E-state index in [1.54, 1.807) is 6.20 Å². The first-order chi connectivity index (χ1) is 11.8. The van der Waals surface area contributed by atoms with Crippen molar-refractivity contribution in [2.24, 2.45) is 0 Å². The van der Waals surface area contributed by atoms with E-state index in [0.717, 1.165) is 31.2 Å². The summed E-state index contributed by atoms with van der Waals surface area (Å²) in [7, 11) is 0. The first kappa shape index (κ1) is 16.5. The molecule has 3 atom stereocenters. The second-order valence-corrected chi connectivity index (χ2v) is 6.21. The summed E-state index contributed by atoms with van der Waals surface area (Å²) in [6.45, 7) is -0.134. The molecule has 0 spiro atoms. The number of nitrogens with zero attached hydrogens (tertiary/aromatic N) is 2. The summed E-state index contributed by atoms with van der Waals surface area (Å²) in [4.78, 5) is 12.4. The molecule has 1 aliphatic rings. The normalized spacial score (nSPS) is 21.9. The van der Waals surface area contributed by atoms with Crippen LogP contribution in [0.1, 0.15) is 43.3 Å². The second-order valence-electron chi connectivity index (χ2n) is 6.21. The lowest BCUT2D eigenvalue weighted by molar-refractivity contribution is 0.199. The fourth-order valence-corrected chi connectivity index (χ4v) is 3.36. The lowest BCUT2D eigenvalue weighted by Gasteiger charge is -2.32. The number of aliphatic hydroxyl groups is 1. The van der Waals surface area contributed by atoms with E-state index >= 15 is 0 Å². The predicted molar refractivity (Wildman–Crippen MR) is 91.5 cm³/mol. The average molecular weight is 328 g/mol. The van der Waals surface area contributed by atoms with E-state index in [2.05, 4.69) is 15.7 Å². The smallest absolute Gasteiger partial charge is 0.315 e. The minimum Gasteiger partial charge on any atom is -0.394 e. The van der Waals surface area contributed by atoms with Gasteiger partial charge in [-0.1, -0.05) is 43.2 Å². The fraction of sp³-hybridized carbons (Fsp3) is 0.444. The van der Waals surface area contributed by atoms with Crippen LogP contribution >= 0.6 is 0 Å². The molecule has 0 radical (unpaired) electrons. The molecule has 0 bridgehead atoms. The number of carbonyl (C=O) groups is 1. The quantitative estimate of drug-likeness (QED) is 0.788. The van der Waals surface area contributed by atoms with E-state index in [0.29, 0.717) is 0 Å². The molecule has 1 heterocycles. The van der Waals surface area contributed by atoms with E-state index in [1.807, 2.05) is 47.3 Å². The molecular weight excluding hydrogens is 304 g/mol. The first-order valence-corrected chi connectivity index (χ1v) is 8.50. The second kappa shape index (κ2) is 7.97. The van der Waals surface area contributed by atoms with Gasteiger partial charge < -0.3 is 15.7 Å². The van der Waals surface area contributed by atoms with Crippen LogP contribution in [0.2, 0.25) is 0 Å². The number of nitrogens with one attached hydrogen (secondary N) is 2. The number of benzene rings is 1. The molecule has 1 aliphatic carbocycles. The highest BCUT2D eigenvalue weighted by atomic mass is 16.3. The Morgan fingerprint density at radius 1 is 1.25 bits per heavy atom. The third kappa shape index (κ3) is 3.94. The Bertz CT molecular complexity index is 630. The van der Waals surface area contributed by atoms with Crippen LogP contribution in [-0.4, -0.2) is 33.6 Å². The molecule has 3 N–H and O–H groups in total. The highest BCUT2D eigenvalue weighted by Crippen LogP contribution is 2.28. The standard InChI is InChI=1S/C18H24N4O2/c23-13-16(14-7-2-1-3-8-14)21-18(24)20-15-9-4-5-10-17(15)22-12-6-11-19-22/h1-3,6-8,11-12,15-17,23H,4-5,9-10,13H2,(H2,20,21,24)/t15-,16-,17-/m1/s1. The van der Waals surface area contributed by atoms with Crippen molar-refractivity contribution in [2.75, 3.05) is 6.61 Å². The zero-order valence-electron chi connectivity index (χ0n) is 13.6. The van der Waals surface area contributed by atoms with Crippen molar-refractivity contribution in [3.8, 4) is 0 Å². The van der Waals surface area contributed by atoms with Crippen LogP contribution in [0.25, 0.3) is 0 Å². The van der Waals surface area contributed by atoms with Crippen LogP contribution in [0.15, 0.2) is 48.8 Å². The molecule has 0 saturated heterocycles. The molecule has 6 heteroatoms. The number of amides is 2. The molecule has 1 fully saturated rings. The summed E-state index contributed by atoms with van der Waals surface area (Å²) >= 11 is 0. The van der Waals surface area contributed by atoms with Crippen molar-refractivity contribution >= 4 is 6.03 Å². The maximum Gasteiger partial charge on any atom is 0.315 e. The average Bonchev–Trinajstić information content (AvgIpc) is 3.15. The Kier molecular flexibility index (Phi) is 5.48. The summed E-state index contributed by atoms with van der Waals surface area (Å²) in [5.74, 6) is 0. The van der Waals surface area contributed by atoms with Crippen molar-refractivity contribution in [3.05, 3.63) is 54.4 Å². The number of carbonyl (C=O) groups excluding carboxylic acids is 1. The van der Waals surface area contributed by atoms with E-state index in [4.69, 9.17) is 0 Å². The Balaban J connectivity index is 1.62. The largest absolute Gasteiger partial charge is 0.394 e. The van der Waals surface area contributed by atoms with Gasteiger partial charge in [-0.3, -0.25) is 4.68 Å². The third-order valence-electron chi connectivity index (χ3n) is 4.60. The Morgan fingerprint density at radius 2 is 2.04 bits per heavy atom. The highest BCUT2D eigenvalue weighted by Gasteiger charge is 2.28. The zero-order chi connectivity index (χ0) is 16.8. The van der Waals surface area contributed by atoms with Crippen LogP contribution in [0.5, 0.6) is 0 Å². The van der Waals surface area contributed by atoms with Gasteiger partial charge in [0.25, 0.3) is 0 Å². The molecule has 1 aromatic heterocycles. The number of urea groups is 1. The summed E-state index contributed by atoms with van der Waals surface area (Å²) in [6.07, 6.45) is 7.91. The summed E-state index contributed by atoms with van der Waals surface area (Å²) in [5, 5.41) is 19.8. The number of hydrogen-bond acceptors (Lipinski definition) is 3. The van der Waals surface area contributed by atoms with Crippen molar-refractivity contribution in [2.45, 2.75) is 43.8 Å². The SMILES string of the molecule is O=C(N[C@H](CO)c1ccccc1)N[C@@H]1CCCC[C@H]1n1cccn1. The molecule has 0 aliphatic heterocycles. The van der Waals surface area contributed by atoms with E-state index in [1.165, 1.54) is 0 Å². The van der Waals surface area contributed by atoms with Crippen LogP contribution in [0.3, 0.4) is 0 Å². The molecule has 2 amide bonds. The maximum atomic E-state index is 12.4. The van der Waals surface area contributed by atoms with Crippen LogP contribution in [-0.2, 0) is 0 Å². The Hall–Kier alpha value is -2.34. The number of hydrogen-bond donors (Lipinski definition) is 3. The van der Waals surface area contributed by atoms with Gasteiger partial charge in [-0.25, -0.2) is 4.79 Å². The monoisotopic (exact) mass is 328 g/mol. The van der Waals surface area contributed by atoms with Gasteiger partial charge in [-0.2, -0.15) is 5.10 Å². The van der Waals surface area contributed by atoms with Gasteiger partial charge in [0.15, 0.2) is 0 Å². The summed E-state index contributed by atoms with van der Waals surface area (Å²) in [5.41, 5.74) is 0.891. The minimum atomic E-state index is -0.405. The van der Waals surface area contributed by atoms with Crippen molar-refractivity contribution in [1.29, 1.82) is 0 Å². The molecule has 2 aromatic rings. The molecule has 0 unspecified atom stereocenters. The van der Waals surface area contributed by atoms with Crippen LogP contribution < -0.4 is 10.6 Å². The molecule has 24 heavy (non-hydrogen) atoms. The van der Waals surface area contributed by atoms with Gasteiger partial charge >= 0.3 is 6.03 Å². The molecule has 6 nitrogen and oxygen atoms in total. The third-order valence-corrected chi connectivity index (χ3v) is 4.60. The van der Waals surface area contributed by atoms with Crippen LogP contribution in [0, 0.1) is 0 Å². The lowest BCUT2D eigenvalue weighted by atomic mass is 9.90. The van der Waals surface area contributed by atoms with E-state index < -0.39 is 6.04 Å². The number of rotatable bonds is 5. The van der Waals surface area contributed by atoms with E-state index in [-0.39, 0.29) is 24.7 Å². The number of aliphatic hydroxyl groups excluding tert-OH is 1. The van der Waals surface area contributed by atoms with E-state index in [9.17, 15) is 9.90 Å². The molecule has 3 rings (SSSR count). The van der Waals surface area contributed by atoms with Gasteiger partial charge in [-0.05, 0) is 24.5 Å². The topological polar surface area (TPSA) is 79.2 Å². The van der Waals surface area contributed by atoms with Crippen LogP contribution in [0.4, 0.5) is 4.79 Å². The van der Waals surface area contributed by atoms with Gasteiger partial charge in [0.2, 0.25) is 0 Å². The predicted octanol–water partition coefficient (Wildman–Crippen LogP) is 2.40. The Labute approximate surface area is 141 Å². The molecule has 1 aromatic carbocycles. The van der Waals surface area contributed by atoms with Gasteiger partial charge in [0, 0.05) is 12.4 Å². The molecule has 1 saturated carbocycles. The van der Waals surface area contributed by atoms with Crippen molar-refractivity contribution in [1.82, 2.24) is 20.4 Å². The molecular formula is C18H24N4O2. The molecule has 128 valence electrons. The van der Waals surface area contributed by atoms with Gasteiger partial charge in [-0.15, -0.1) is 0 Å². The lowest BCUT2D eigenvalue weighted by Crippen LogP contribution is -2.48.